The number of nitrogens with zero attached hydrogens (tertiary/aromatic N) is 2. The maximum absolute atomic E-state index is 13.6. The van der Waals surface area contributed by atoms with Gasteiger partial charge >= 0.3 is 6.03 Å². The zero-order valence-electron chi connectivity index (χ0n) is 11.7. The van der Waals surface area contributed by atoms with Gasteiger partial charge in [0.1, 0.15) is 11.6 Å². The molecule has 0 radical (unpaired) electrons. The molecule has 1 fully saturated rings. The lowest BCUT2D eigenvalue weighted by Gasteiger charge is -2.22. The number of carbonyl (C=O) groups excluding carboxylic acids is 2. The van der Waals surface area contributed by atoms with E-state index in [1.54, 1.807) is 11.8 Å². The molecule has 0 unspecified atom stereocenters. The molecule has 1 aromatic rings. The van der Waals surface area contributed by atoms with Crippen LogP contribution in [0.4, 0.5) is 13.6 Å². The van der Waals surface area contributed by atoms with E-state index in [2.05, 4.69) is 5.32 Å². The summed E-state index contributed by atoms with van der Waals surface area (Å²) in [5, 5.41) is 2.54. The summed E-state index contributed by atoms with van der Waals surface area (Å²) < 4.78 is 27.2. The van der Waals surface area contributed by atoms with Crippen molar-refractivity contribution in [3.05, 3.63) is 35.4 Å². The minimum Gasteiger partial charge on any atom is -0.336 e. The summed E-state index contributed by atoms with van der Waals surface area (Å²) in [6, 6.07) is 3.24. The van der Waals surface area contributed by atoms with Crippen molar-refractivity contribution < 1.29 is 18.4 Å². The van der Waals surface area contributed by atoms with Crippen molar-refractivity contribution in [2.24, 2.45) is 0 Å². The maximum atomic E-state index is 13.6. The number of likely N-dealkylation sites (N-methyl/N-ethyl adjacent to an activating group) is 1. The molecule has 1 N–H and O–H groups in total. The molecule has 3 amide bonds. The van der Waals surface area contributed by atoms with Crippen molar-refractivity contribution in [1.82, 2.24) is 15.1 Å². The van der Waals surface area contributed by atoms with Crippen molar-refractivity contribution in [2.75, 3.05) is 26.2 Å². The molecule has 7 heteroatoms. The SMILES string of the molecule is CCN(CC(=O)N1CCNC1=O)Cc1c(F)cccc1F. The van der Waals surface area contributed by atoms with E-state index >= 15 is 0 Å². The van der Waals surface area contributed by atoms with Crippen LogP contribution in [0, 0.1) is 11.6 Å². The van der Waals surface area contributed by atoms with E-state index in [9.17, 15) is 18.4 Å². The highest BCUT2D eigenvalue weighted by Gasteiger charge is 2.27. The third-order valence-corrected chi connectivity index (χ3v) is 3.41. The summed E-state index contributed by atoms with van der Waals surface area (Å²) in [7, 11) is 0. The van der Waals surface area contributed by atoms with Crippen molar-refractivity contribution in [3.8, 4) is 0 Å². The van der Waals surface area contributed by atoms with Crippen molar-refractivity contribution >= 4 is 11.9 Å². The number of imide groups is 1. The molecule has 0 aliphatic carbocycles. The quantitative estimate of drug-likeness (QED) is 0.892. The second-order valence-electron chi connectivity index (χ2n) is 4.78. The average molecular weight is 297 g/mol. The first-order chi connectivity index (χ1) is 10.0. The smallest absolute Gasteiger partial charge is 0.324 e. The van der Waals surface area contributed by atoms with Gasteiger partial charge in [0.2, 0.25) is 5.91 Å². The molecule has 114 valence electrons. The lowest BCUT2D eigenvalue weighted by molar-refractivity contribution is -0.128. The van der Waals surface area contributed by atoms with Gasteiger partial charge in [-0.3, -0.25) is 14.6 Å². The fourth-order valence-electron chi connectivity index (χ4n) is 2.17. The molecule has 2 rings (SSSR count). The predicted molar refractivity (Wildman–Crippen MR) is 72.4 cm³/mol. The number of benzene rings is 1. The van der Waals surface area contributed by atoms with Gasteiger partial charge in [0.25, 0.3) is 0 Å². The number of hydrogen-bond acceptors (Lipinski definition) is 3. The molecule has 0 spiro atoms. The fourth-order valence-corrected chi connectivity index (χ4v) is 2.17. The second-order valence-corrected chi connectivity index (χ2v) is 4.78. The first kappa shape index (κ1) is 15.4. The number of carbonyl (C=O) groups is 2. The Balaban J connectivity index is 2.03. The summed E-state index contributed by atoms with van der Waals surface area (Å²) in [4.78, 5) is 26.1. The summed E-state index contributed by atoms with van der Waals surface area (Å²) in [5.41, 5.74) is -0.0713. The number of amides is 3. The van der Waals surface area contributed by atoms with Crippen LogP contribution in [0.1, 0.15) is 12.5 Å². The van der Waals surface area contributed by atoms with E-state index in [4.69, 9.17) is 0 Å². The van der Waals surface area contributed by atoms with Crippen LogP contribution in [-0.4, -0.2) is 47.9 Å². The molecule has 1 heterocycles. The van der Waals surface area contributed by atoms with Gasteiger partial charge in [0.05, 0.1) is 6.54 Å². The van der Waals surface area contributed by atoms with E-state index in [1.807, 2.05) is 0 Å². The Bertz CT molecular complexity index is 531. The predicted octanol–water partition coefficient (Wildman–Crippen LogP) is 1.34. The van der Waals surface area contributed by atoms with E-state index in [0.29, 0.717) is 19.6 Å². The highest BCUT2D eigenvalue weighted by atomic mass is 19.1. The Labute approximate surface area is 121 Å². The monoisotopic (exact) mass is 297 g/mol. The first-order valence-electron chi connectivity index (χ1n) is 6.76. The zero-order valence-corrected chi connectivity index (χ0v) is 11.7. The van der Waals surface area contributed by atoms with Crippen molar-refractivity contribution in [3.63, 3.8) is 0 Å². The van der Waals surface area contributed by atoms with Gasteiger partial charge in [-0.2, -0.15) is 0 Å². The Hall–Kier alpha value is -2.02. The molecule has 1 aromatic carbocycles. The molecule has 1 aliphatic heterocycles. The number of halogens is 2. The van der Waals surface area contributed by atoms with Crippen LogP contribution in [-0.2, 0) is 11.3 Å². The van der Waals surface area contributed by atoms with Crippen molar-refractivity contribution in [1.29, 1.82) is 0 Å². The third-order valence-electron chi connectivity index (χ3n) is 3.41. The number of nitrogens with one attached hydrogen (secondary N) is 1. The highest BCUT2D eigenvalue weighted by molar-refractivity contribution is 5.96. The number of hydrogen-bond donors (Lipinski definition) is 1. The highest BCUT2D eigenvalue weighted by Crippen LogP contribution is 2.14. The minimum atomic E-state index is -0.639. The fraction of sp³-hybridized carbons (Fsp3) is 0.429. The zero-order chi connectivity index (χ0) is 15.4. The van der Waals surface area contributed by atoms with Gasteiger partial charge in [-0.1, -0.05) is 13.0 Å². The number of rotatable bonds is 5. The third kappa shape index (κ3) is 3.55. The second kappa shape index (κ2) is 6.62. The largest absolute Gasteiger partial charge is 0.336 e. The van der Waals surface area contributed by atoms with Gasteiger partial charge < -0.3 is 5.32 Å². The topological polar surface area (TPSA) is 52.7 Å². The van der Waals surface area contributed by atoms with E-state index in [1.165, 1.54) is 18.2 Å². The summed E-state index contributed by atoms with van der Waals surface area (Å²) >= 11 is 0. The molecular weight excluding hydrogens is 280 g/mol. The minimum absolute atomic E-state index is 0.0177. The maximum Gasteiger partial charge on any atom is 0.324 e. The molecule has 0 aromatic heterocycles. The lowest BCUT2D eigenvalue weighted by Crippen LogP contribution is -2.41. The van der Waals surface area contributed by atoms with Gasteiger partial charge in [0.15, 0.2) is 0 Å². The van der Waals surface area contributed by atoms with Crippen LogP contribution >= 0.6 is 0 Å². The van der Waals surface area contributed by atoms with Gasteiger partial charge in [0, 0.05) is 25.2 Å². The molecule has 0 saturated carbocycles. The normalized spacial score (nSPS) is 14.7. The Kier molecular flexibility index (Phi) is 4.85. The van der Waals surface area contributed by atoms with Crippen LogP contribution in [0.15, 0.2) is 18.2 Å². The lowest BCUT2D eigenvalue weighted by atomic mass is 10.2. The summed E-state index contributed by atoms with van der Waals surface area (Å²) in [6.07, 6.45) is 0. The van der Waals surface area contributed by atoms with Crippen LogP contribution in [0.2, 0.25) is 0 Å². The Morgan fingerprint density at radius 1 is 1.38 bits per heavy atom. The van der Waals surface area contributed by atoms with Gasteiger partial charge in [-0.15, -0.1) is 0 Å². The molecule has 1 aliphatic rings. The first-order valence-corrected chi connectivity index (χ1v) is 6.76. The van der Waals surface area contributed by atoms with E-state index in [0.717, 1.165) is 4.90 Å². The summed E-state index contributed by atoms with van der Waals surface area (Å²) in [5.74, 6) is -1.65. The average Bonchev–Trinajstić information content (AvgIpc) is 2.88. The van der Waals surface area contributed by atoms with Crippen molar-refractivity contribution in [2.45, 2.75) is 13.5 Å². The van der Waals surface area contributed by atoms with Crippen LogP contribution in [0.5, 0.6) is 0 Å². The number of urea groups is 1. The molecule has 21 heavy (non-hydrogen) atoms. The van der Waals surface area contributed by atoms with Crippen LogP contribution in [0.25, 0.3) is 0 Å². The Morgan fingerprint density at radius 2 is 2.05 bits per heavy atom. The van der Waals surface area contributed by atoms with E-state index in [-0.39, 0.29) is 24.6 Å². The van der Waals surface area contributed by atoms with Gasteiger partial charge in [-0.05, 0) is 18.7 Å². The van der Waals surface area contributed by atoms with Crippen LogP contribution in [0.3, 0.4) is 0 Å². The summed E-state index contributed by atoms with van der Waals surface area (Å²) in [6.45, 7) is 2.90. The van der Waals surface area contributed by atoms with Gasteiger partial charge in [-0.25, -0.2) is 13.6 Å². The molecule has 5 nitrogen and oxygen atoms in total. The van der Waals surface area contributed by atoms with E-state index < -0.39 is 17.7 Å². The molecule has 1 saturated heterocycles. The standard InChI is InChI=1S/C14H17F2N3O2/c1-2-18(8-10-11(15)4-3-5-12(10)16)9-13(20)19-7-6-17-14(19)21/h3-5H,2,6-9H2,1H3,(H,17,21). The van der Waals surface area contributed by atoms with Crippen LogP contribution < -0.4 is 5.32 Å². The molecular formula is C14H17F2N3O2. The molecule has 0 bridgehead atoms. The molecule has 0 atom stereocenters. The Morgan fingerprint density at radius 3 is 2.57 bits per heavy atom.